The Bertz CT molecular complexity index is 448. The quantitative estimate of drug-likeness (QED) is 0.122. The molecule has 0 aromatic carbocycles. The van der Waals surface area contributed by atoms with Crippen LogP contribution in [0.1, 0.15) is 142 Å². The molecule has 31 heavy (non-hydrogen) atoms. The summed E-state index contributed by atoms with van der Waals surface area (Å²) >= 11 is 0. The predicted octanol–water partition coefficient (Wildman–Crippen LogP) is 9.95. The van der Waals surface area contributed by atoms with Gasteiger partial charge in [0, 0.05) is 6.42 Å². The Balaban J connectivity index is 3.25. The molecule has 0 atom stereocenters. The molecular formula is C29H52O2. The fourth-order valence-corrected chi connectivity index (χ4v) is 3.77. The summed E-state index contributed by atoms with van der Waals surface area (Å²) in [5.74, 6) is -0.667. The molecule has 180 valence electrons. The molecule has 0 aliphatic rings. The first-order valence-electron chi connectivity index (χ1n) is 13.4. The Morgan fingerprint density at radius 3 is 1.29 bits per heavy atom. The van der Waals surface area contributed by atoms with Gasteiger partial charge < -0.3 is 5.11 Å². The summed E-state index contributed by atoms with van der Waals surface area (Å²) in [5.41, 5.74) is 0. The molecule has 0 heterocycles. The number of unbranched alkanes of at least 4 members (excludes halogenated alkanes) is 16. The van der Waals surface area contributed by atoms with Crippen molar-refractivity contribution in [1.82, 2.24) is 0 Å². The van der Waals surface area contributed by atoms with E-state index in [0.717, 1.165) is 25.7 Å². The maximum Gasteiger partial charge on any atom is 0.303 e. The normalized spacial score (nSPS) is 12.0. The zero-order valence-electron chi connectivity index (χ0n) is 20.7. The van der Waals surface area contributed by atoms with Crippen molar-refractivity contribution >= 4 is 5.97 Å². The number of rotatable bonds is 24. The highest BCUT2D eigenvalue weighted by atomic mass is 16.4. The van der Waals surface area contributed by atoms with E-state index in [1.54, 1.807) is 0 Å². The highest BCUT2D eigenvalue weighted by Gasteiger charge is 1.96. The third-order valence-electron chi connectivity index (χ3n) is 5.78. The third-order valence-corrected chi connectivity index (χ3v) is 5.78. The molecule has 0 aromatic heterocycles. The van der Waals surface area contributed by atoms with E-state index < -0.39 is 5.97 Å². The van der Waals surface area contributed by atoms with E-state index in [2.05, 4.69) is 43.4 Å². The smallest absolute Gasteiger partial charge is 0.303 e. The highest BCUT2D eigenvalue weighted by molar-refractivity contribution is 5.66. The molecule has 0 saturated carbocycles. The van der Waals surface area contributed by atoms with E-state index in [-0.39, 0.29) is 0 Å². The zero-order chi connectivity index (χ0) is 22.7. The first-order chi connectivity index (χ1) is 15.3. The molecule has 0 spiro atoms. The lowest BCUT2D eigenvalue weighted by Crippen LogP contribution is -1.93. The van der Waals surface area contributed by atoms with Crippen molar-refractivity contribution in [3.8, 4) is 0 Å². The largest absolute Gasteiger partial charge is 0.481 e. The van der Waals surface area contributed by atoms with E-state index in [1.165, 1.54) is 103 Å². The van der Waals surface area contributed by atoms with Crippen LogP contribution < -0.4 is 0 Å². The molecule has 0 amide bonds. The summed E-state index contributed by atoms with van der Waals surface area (Å²) in [4.78, 5) is 10.4. The summed E-state index contributed by atoms with van der Waals surface area (Å²) < 4.78 is 0. The maximum absolute atomic E-state index is 10.4. The van der Waals surface area contributed by atoms with Crippen LogP contribution in [0.3, 0.4) is 0 Å². The number of aliphatic carboxylic acids is 1. The van der Waals surface area contributed by atoms with Crippen LogP contribution in [-0.2, 0) is 4.79 Å². The molecule has 0 aliphatic heterocycles. The van der Waals surface area contributed by atoms with Crippen molar-refractivity contribution < 1.29 is 9.90 Å². The van der Waals surface area contributed by atoms with Crippen molar-refractivity contribution in [2.75, 3.05) is 0 Å². The fraction of sp³-hybridized carbons (Fsp3) is 0.759. The minimum atomic E-state index is -0.667. The van der Waals surface area contributed by atoms with Crippen molar-refractivity contribution in [3.63, 3.8) is 0 Å². The number of hydrogen-bond acceptors (Lipinski definition) is 1. The molecule has 0 aromatic rings. The Morgan fingerprint density at radius 2 is 0.871 bits per heavy atom. The standard InChI is InChI=1S/C29H52O2/c1-2-3-4-5-6-7-8-9-10-11-12-13-14-15-16-17-18-19-20-21-22-23-24-25-26-27-28-29(30)31/h13-14,16-17,19-20H,2-12,15,18,21-28H2,1H3,(H,30,31). The van der Waals surface area contributed by atoms with E-state index >= 15 is 0 Å². The van der Waals surface area contributed by atoms with Crippen LogP contribution in [0.15, 0.2) is 36.5 Å². The second-order valence-corrected chi connectivity index (χ2v) is 8.91. The molecule has 2 nitrogen and oxygen atoms in total. The van der Waals surface area contributed by atoms with Crippen molar-refractivity contribution in [2.45, 2.75) is 142 Å². The molecular weight excluding hydrogens is 380 g/mol. The maximum atomic E-state index is 10.4. The summed E-state index contributed by atoms with van der Waals surface area (Å²) in [6.45, 7) is 2.28. The van der Waals surface area contributed by atoms with Crippen LogP contribution in [0, 0.1) is 0 Å². The predicted molar refractivity (Wildman–Crippen MR) is 138 cm³/mol. The van der Waals surface area contributed by atoms with Gasteiger partial charge in [0.15, 0.2) is 0 Å². The van der Waals surface area contributed by atoms with Crippen molar-refractivity contribution in [3.05, 3.63) is 36.5 Å². The van der Waals surface area contributed by atoms with Gasteiger partial charge in [-0.25, -0.2) is 0 Å². The fourth-order valence-electron chi connectivity index (χ4n) is 3.77. The number of allylic oxidation sites excluding steroid dienone is 6. The van der Waals surface area contributed by atoms with Gasteiger partial charge in [-0.2, -0.15) is 0 Å². The lowest BCUT2D eigenvalue weighted by Gasteiger charge is -2.01. The van der Waals surface area contributed by atoms with Crippen molar-refractivity contribution in [2.24, 2.45) is 0 Å². The van der Waals surface area contributed by atoms with Gasteiger partial charge in [-0.05, 0) is 44.9 Å². The minimum absolute atomic E-state index is 0.325. The van der Waals surface area contributed by atoms with Crippen LogP contribution in [-0.4, -0.2) is 11.1 Å². The molecule has 0 saturated heterocycles. The minimum Gasteiger partial charge on any atom is -0.481 e. The first-order valence-corrected chi connectivity index (χ1v) is 13.4. The van der Waals surface area contributed by atoms with Crippen molar-refractivity contribution in [1.29, 1.82) is 0 Å². The van der Waals surface area contributed by atoms with Gasteiger partial charge in [0.25, 0.3) is 0 Å². The van der Waals surface area contributed by atoms with Gasteiger partial charge in [0.05, 0.1) is 0 Å². The van der Waals surface area contributed by atoms with Crippen LogP contribution >= 0.6 is 0 Å². The van der Waals surface area contributed by atoms with Crippen LogP contribution in [0.2, 0.25) is 0 Å². The van der Waals surface area contributed by atoms with E-state index in [9.17, 15) is 4.79 Å². The van der Waals surface area contributed by atoms with E-state index in [1.807, 2.05) is 0 Å². The molecule has 0 bridgehead atoms. The monoisotopic (exact) mass is 432 g/mol. The lowest BCUT2D eigenvalue weighted by molar-refractivity contribution is -0.137. The lowest BCUT2D eigenvalue weighted by atomic mass is 10.1. The van der Waals surface area contributed by atoms with Gasteiger partial charge in [-0.15, -0.1) is 0 Å². The molecule has 0 unspecified atom stereocenters. The zero-order valence-corrected chi connectivity index (χ0v) is 20.7. The SMILES string of the molecule is CCCCCCCCCCCCC=CCC=CCC=CCCCCCCCCC(=O)O. The number of carboxylic acids is 1. The van der Waals surface area contributed by atoms with Gasteiger partial charge in [0.2, 0.25) is 0 Å². The topological polar surface area (TPSA) is 37.3 Å². The average Bonchev–Trinajstić information content (AvgIpc) is 2.76. The Labute approximate surface area is 194 Å². The Hall–Kier alpha value is -1.31. The van der Waals surface area contributed by atoms with Crippen LogP contribution in [0.5, 0.6) is 0 Å². The Kier molecular flexibility index (Phi) is 25.6. The average molecular weight is 433 g/mol. The molecule has 0 rings (SSSR count). The second-order valence-electron chi connectivity index (χ2n) is 8.91. The highest BCUT2D eigenvalue weighted by Crippen LogP contribution is 2.12. The summed E-state index contributed by atoms with van der Waals surface area (Å²) in [6, 6.07) is 0. The van der Waals surface area contributed by atoms with Gasteiger partial charge in [-0.3, -0.25) is 4.79 Å². The number of carbonyl (C=O) groups is 1. The van der Waals surface area contributed by atoms with Gasteiger partial charge in [0.1, 0.15) is 0 Å². The van der Waals surface area contributed by atoms with Gasteiger partial charge >= 0.3 is 5.97 Å². The number of hydrogen-bond donors (Lipinski definition) is 1. The van der Waals surface area contributed by atoms with Crippen LogP contribution in [0.4, 0.5) is 0 Å². The molecule has 0 radical (unpaired) electrons. The van der Waals surface area contributed by atoms with Gasteiger partial charge in [-0.1, -0.05) is 127 Å². The summed E-state index contributed by atoms with van der Waals surface area (Å²) in [6.07, 6.45) is 39.5. The molecule has 2 heteroatoms. The number of carboxylic acid groups (broad SMARTS) is 1. The third kappa shape index (κ3) is 28.7. The second kappa shape index (κ2) is 26.7. The summed E-state index contributed by atoms with van der Waals surface area (Å²) in [5, 5.41) is 8.59. The van der Waals surface area contributed by atoms with E-state index in [0.29, 0.717) is 6.42 Å². The molecule has 0 fully saturated rings. The Morgan fingerprint density at radius 1 is 0.516 bits per heavy atom. The first kappa shape index (κ1) is 29.7. The van der Waals surface area contributed by atoms with E-state index in [4.69, 9.17) is 5.11 Å². The summed E-state index contributed by atoms with van der Waals surface area (Å²) in [7, 11) is 0. The molecule has 1 N–H and O–H groups in total. The molecule has 0 aliphatic carbocycles. The van der Waals surface area contributed by atoms with Crippen LogP contribution in [0.25, 0.3) is 0 Å².